The zero-order chi connectivity index (χ0) is 18.4. The molecule has 25 heavy (non-hydrogen) atoms. The summed E-state index contributed by atoms with van der Waals surface area (Å²) in [4.78, 5) is 15.9. The van der Waals surface area contributed by atoms with Gasteiger partial charge in [-0.15, -0.1) is 10.2 Å². The maximum absolute atomic E-state index is 10.6. The van der Waals surface area contributed by atoms with Crippen molar-refractivity contribution in [1.29, 1.82) is 0 Å². The van der Waals surface area contributed by atoms with Crippen LogP contribution >= 0.6 is 11.3 Å². The van der Waals surface area contributed by atoms with E-state index < -0.39 is 11.0 Å². The predicted molar refractivity (Wildman–Crippen MR) is 95.1 cm³/mol. The van der Waals surface area contributed by atoms with Gasteiger partial charge in [0.2, 0.25) is 5.13 Å². The fourth-order valence-electron chi connectivity index (χ4n) is 2.16. The molecule has 134 valence electrons. The molecule has 0 aliphatic carbocycles. The lowest BCUT2D eigenvalue weighted by Gasteiger charge is -2.25. The second kappa shape index (κ2) is 8.60. The minimum Gasteiger partial charge on any atom is -0.394 e. The summed E-state index contributed by atoms with van der Waals surface area (Å²) in [6.07, 6.45) is 0.348. The van der Waals surface area contributed by atoms with E-state index in [1.54, 1.807) is 6.07 Å². The average molecular weight is 365 g/mol. The van der Waals surface area contributed by atoms with Crippen LogP contribution in [0, 0.1) is 17.0 Å². The molecule has 2 rings (SSSR count). The van der Waals surface area contributed by atoms with E-state index >= 15 is 0 Å². The minimum atomic E-state index is -0.805. The number of aromatic nitrogens is 1. The number of hydrogen-bond donors (Lipinski definition) is 2. The van der Waals surface area contributed by atoms with E-state index in [2.05, 4.69) is 15.2 Å². The van der Waals surface area contributed by atoms with Crippen molar-refractivity contribution >= 4 is 32.8 Å². The van der Waals surface area contributed by atoms with Gasteiger partial charge in [-0.3, -0.25) is 10.1 Å². The zero-order valence-electron chi connectivity index (χ0n) is 13.9. The number of nitro groups is 1. The SMILES string of the molecule is CCN(C[C@H](O)CO)c1ccc(N=Nc2ncc([N+](=O)[O-])s2)c(C)c1. The highest BCUT2D eigenvalue weighted by Gasteiger charge is 2.12. The first kappa shape index (κ1) is 18.9. The van der Waals surface area contributed by atoms with Gasteiger partial charge in [-0.05, 0) is 48.9 Å². The minimum absolute atomic E-state index is 0.0814. The van der Waals surface area contributed by atoms with Gasteiger partial charge >= 0.3 is 5.00 Å². The Morgan fingerprint density at radius 2 is 2.20 bits per heavy atom. The van der Waals surface area contributed by atoms with Crippen LogP contribution < -0.4 is 4.90 Å². The largest absolute Gasteiger partial charge is 0.394 e. The second-order valence-corrected chi connectivity index (χ2v) is 6.27. The standard InChI is InChI=1S/C15H19N5O4S/c1-3-19(8-12(22)9-21)11-4-5-13(10(2)6-11)17-18-15-16-7-14(25-15)20(23)24/h4-7,12,21-22H,3,8-9H2,1-2H3/t12-/m0/s1. The Bertz CT molecular complexity index is 764. The highest BCUT2D eigenvalue weighted by atomic mass is 32.1. The Morgan fingerprint density at radius 3 is 2.76 bits per heavy atom. The Kier molecular flexibility index (Phi) is 6.51. The smallest absolute Gasteiger partial charge is 0.345 e. The molecule has 9 nitrogen and oxygen atoms in total. The van der Waals surface area contributed by atoms with Crippen LogP contribution in [0.4, 0.5) is 21.5 Å². The summed E-state index contributed by atoms with van der Waals surface area (Å²) in [5.41, 5.74) is 2.39. The van der Waals surface area contributed by atoms with Crippen molar-refractivity contribution < 1.29 is 15.1 Å². The molecule has 0 fully saturated rings. The quantitative estimate of drug-likeness (QED) is 0.421. The number of aliphatic hydroxyl groups is 2. The number of rotatable bonds is 8. The van der Waals surface area contributed by atoms with Gasteiger partial charge in [-0.25, -0.2) is 4.98 Å². The van der Waals surface area contributed by atoms with Crippen molar-refractivity contribution in [2.75, 3.05) is 24.6 Å². The molecular weight excluding hydrogens is 346 g/mol. The van der Waals surface area contributed by atoms with Crippen molar-refractivity contribution in [3.63, 3.8) is 0 Å². The molecule has 1 aromatic heterocycles. The molecule has 0 aliphatic rings. The van der Waals surface area contributed by atoms with Crippen LogP contribution in [0.3, 0.4) is 0 Å². The molecule has 0 radical (unpaired) electrons. The van der Waals surface area contributed by atoms with E-state index in [1.807, 2.05) is 30.9 Å². The topological polar surface area (TPSA) is 124 Å². The van der Waals surface area contributed by atoms with E-state index in [4.69, 9.17) is 5.11 Å². The highest BCUT2D eigenvalue weighted by Crippen LogP contribution is 2.30. The lowest BCUT2D eigenvalue weighted by Crippen LogP contribution is -2.34. The van der Waals surface area contributed by atoms with Crippen molar-refractivity contribution in [1.82, 2.24) is 4.98 Å². The molecule has 0 aliphatic heterocycles. The number of azo groups is 1. The number of benzene rings is 1. The zero-order valence-corrected chi connectivity index (χ0v) is 14.7. The molecule has 0 saturated heterocycles. The summed E-state index contributed by atoms with van der Waals surface area (Å²) in [5.74, 6) is 0. The third-order valence-electron chi connectivity index (χ3n) is 3.47. The van der Waals surface area contributed by atoms with Gasteiger partial charge in [-0.2, -0.15) is 0 Å². The van der Waals surface area contributed by atoms with E-state index in [9.17, 15) is 15.2 Å². The van der Waals surface area contributed by atoms with Crippen molar-refractivity contribution in [3.8, 4) is 0 Å². The molecular formula is C15H19N5O4S. The normalized spacial score (nSPS) is 12.5. The lowest BCUT2D eigenvalue weighted by atomic mass is 10.1. The van der Waals surface area contributed by atoms with E-state index in [0.717, 1.165) is 28.8 Å². The van der Waals surface area contributed by atoms with E-state index in [1.165, 1.54) is 0 Å². The molecule has 0 bridgehead atoms. The second-order valence-electron chi connectivity index (χ2n) is 5.28. The summed E-state index contributed by atoms with van der Waals surface area (Å²) < 4.78 is 0. The van der Waals surface area contributed by atoms with Gasteiger partial charge in [0.15, 0.2) is 0 Å². The molecule has 0 unspecified atom stereocenters. The van der Waals surface area contributed by atoms with Gasteiger partial charge < -0.3 is 15.1 Å². The van der Waals surface area contributed by atoms with Crippen LogP contribution in [0.1, 0.15) is 12.5 Å². The Labute approximate surface area is 148 Å². The summed E-state index contributed by atoms with van der Waals surface area (Å²) in [6, 6.07) is 5.54. The average Bonchev–Trinajstić information content (AvgIpc) is 3.07. The summed E-state index contributed by atoms with van der Waals surface area (Å²) >= 11 is 0.857. The summed E-state index contributed by atoms with van der Waals surface area (Å²) in [6.45, 7) is 4.55. The molecule has 0 spiro atoms. The lowest BCUT2D eigenvalue weighted by molar-refractivity contribution is -0.380. The van der Waals surface area contributed by atoms with Crippen molar-refractivity contribution in [2.45, 2.75) is 20.0 Å². The fraction of sp³-hybridized carbons (Fsp3) is 0.400. The van der Waals surface area contributed by atoms with Gasteiger partial charge in [0, 0.05) is 18.8 Å². The molecule has 2 aromatic rings. The maximum Gasteiger partial charge on any atom is 0.345 e. The van der Waals surface area contributed by atoms with Crippen LogP contribution in [-0.4, -0.2) is 45.9 Å². The number of aliphatic hydroxyl groups excluding tert-OH is 2. The van der Waals surface area contributed by atoms with Crippen molar-refractivity contribution in [2.24, 2.45) is 10.2 Å². The molecule has 1 atom stereocenters. The number of aryl methyl sites for hydroxylation is 1. The first-order valence-corrected chi connectivity index (χ1v) is 8.42. The number of anilines is 1. The highest BCUT2D eigenvalue weighted by molar-refractivity contribution is 7.18. The molecule has 1 heterocycles. The fourth-order valence-corrected chi connectivity index (χ4v) is 2.72. The van der Waals surface area contributed by atoms with E-state index in [0.29, 0.717) is 18.8 Å². The molecule has 0 saturated carbocycles. The van der Waals surface area contributed by atoms with Gasteiger partial charge in [-0.1, -0.05) is 0 Å². The number of hydrogen-bond acceptors (Lipinski definition) is 9. The number of thiazole rings is 1. The van der Waals surface area contributed by atoms with Gasteiger partial charge in [0.05, 0.1) is 23.3 Å². The first-order valence-electron chi connectivity index (χ1n) is 7.61. The summed E-state index contributed by atoms with van der Waals surface area (Å²) in [7, 11) is 0. The van der Waals surface area contributed by atoms with Crippen molar-refractivity contribution in [3.05, 3.63) is 40.1 Å². The molecule has 1 aromatic carbocycles. The third kappa shape index (κ3) is 5.02. The predicted octanol–water partition coefficient (Wildman–Crippen LogP) is 2.95. The van der Waals surface area contributed by atoms with Crippen LogP contribution in [-0.2, 0) is 0 Å². The molecule has 2 N–H and O–H groups in total. The number of likely N-dealkylation sites (N-methyl/N-ethyl adjacent to an activating group) is 1. The Hall–Kier alpha value is -2.43. The first-order chi connectivity index (χ1) is 11.9. The monoisotopic (exact) mass is 365 g/mol. The van der Waals surface area contributed by atoms with Gasteiger partial charge in [0.1, 0.15) is 6.20 Å². The number of nitrogens with zero attached hydrogens (tertiary/aromatic N) is 5. The van der Waals surface area contributed by atoms with Crippen LogP contribution in [0.2, 0.25) is 0 Å². The Balaban J connectivity index is 2.15. The van der Waals surface area contributed by atoms with E-state index in [-0.39, 0.29) is 16.7 Å². The Morgan fingerprint density at radius 1 is 1.44 bits per heavy atom. The van der Waals surface area contributed by atoms with Crippen LogP contribution in [0.15, 0.2) is 34.6 Å². The van der Waals surface area contributed by atoms with Gasteiger partial charge in [0.25, 0.3) is 0 Å². The van der Waals surface area contributed by atoms with Crippen LogP contribution in [0.5, 0.6) is 0 Å². The van der Waals surface area contributed by atoms with Crippen LogP contribution in [0.25, 0.3) is 0 Å². The third-order valence-corrected chi connectivity index (χ3v) is 4.31. The molecule has 0 amide bonds. The summed E-state index contributed by atoms with van der Waals surface area (Å²) in [5, 5.41) is 37.4. The maximum atomic E-state index is 10.6. The molecule has 10 heteroatoms.